The highest BCUT2D eigenvalue weighted by atomic mass is 19.1. The highest BCUT2D eigenvalue weighted by Gasteiger charge is 2.20. The molecule has 30 heavy (non-hydrogen) atoms. The van der Waals surface area contributed by atoms with Gasteiger partial charge < -0.3 is 19.2 Å². The van der Waals surface area contributed by atoms with E-state index in [9.17, 15) is 0 Å². The molecule has 1 N–H and O–H groups in total. The first-order valence-corrected chi connectivity index (χ1v) is 10.5. The molecule has 0 aliphatic heterocycles. The fourth-order valence-corrected chi connectivity index (χ4v) is 4.15. The Hall–Kier alpha value is -2.86. The number of rotatable bonds is 8. The summed E-state index contributed by atoms with van der Waals surface area (Å²) in [7, 11) is 5.78. The molecule has 5 nitrogen and oxygen atoms in total. The Morgan fingerprint density at radius 2 is 1.93 bits per heavy atom. The first kappa shape index (κ1) is 20.4. The van der Waals surface area contributed by atoms with Crippen LogP contribution in [0.25, 0.3) is 21.9 Å². The average molecular weight is 409 g/mol. The van der Waals surface area contributed by atoms with Crippen LogP contribution in [-0.4, -0.2) is 47.2 Å². The van der Waals surface area contributed by atoms with E-state index in [1.807, 2.05) is 35.8 Å². The van der Waals surface area contributed by atoms with E-state index < -0.39 is 0 Å². The van der Waals surface area contributed by atoms with Gasteiger partial charge in [0, 0.05) is 31.1 Å². The Kier molecular flexibility index (Phi) is 5.77. The van der Waals surface area contributed by atoms with E-state index in [0.717, 1.165) is 58.6 Å². The van der Waals surface area contributed by atoms with Crippen molar-refractivity contribution in [3.63, 3.8) is 0 Å². The lowest BCUT2D eigenvalue weighted by atomic mass is 10.0. The smallest absolute Gasteiger partial charge is 0.148 e. The largest absolute Gasteiger partial charge is 0.496 e. The van der Waals surface area contributed by atoms with Crippen molar-refractivity contribution < 1.29 is 9.13 Å². The number of H-pyrrole nitrogens is 1. The third kappa shape index (κ3) is 3.79. The van der Waals surface area contributed by atoms with Crippen LogP contribution in [0.1, 0.15) is 23.9 Å². The third-order valence-corrected chi connectivity index (χ3v) is 5.65. The molecule has 158 valence electrons. The Bertz CT molecular complexity index is 1140. The van der Waals surface area contributed by atoms with Crippen molar-refractivity contribution in [3.05, 3.63) is 59.3 Å². The maximum Gasteiger partial charge on any atom is 0.148 e. The van der Waals surface area contributed by atoms with Gasteiger partial charge in [0.2, 0.25) is 0 Å². The molecule has 2 heterocycles. The predicted molar refractivity (Wildman–Crippen MR) is 120 cm³/mol. The van der Waals surface area contributed by atoms with Crippen molar-refractivity contribution in [2.45, 2.75) is 32.7 Å². The van der Waals surface area contributed by atoms with Crippen LogP contribution in [0.15, 0.2) is 36.5 Å². The van der Waals surface area contributed by atoms with E-state index in [0.29, 0.717) is 18.4 Å². The molecule has 0 aliphatic carbocycles. The summed E-state index contributed by atoms with van der Waals surface area (Å²) in [5.74, 6) is 1.49. The average Bonchev–Trinajstić information content (AvgIpc) is 3.32. The maximum atomic E-state index is 15.2. The molecule has 0 bridgehead atoms. The SMILES string of the molecule is CCn1cc(CCN(C)C)c2c(OC)c(CCc3nc4ccccc4[nH]3)cc(F)c21. The first-order chi connectivity index (χ1) is 14.5. The van der Waals surface area contributed by atoms with E-state index in [-0.39, 0.29) is 5.82 Å². The summed E-state index contributed by atoms with van der Waals surface area (Å²) in [6, 6.07) is 9.61. The minimum Gasteiger partial charge on any atom is -0.496 e. The number of fused-ring (bicyclic) bond motifs is 2. The number of hydrogen-bond acceptors (Lipinski definition) is 3. The number of likely N-dealkylation sites (N-methyl/N-ethyl adjacent to an activating group) is 1. The Balaban J connectivity index is 1.72. The maximum absolute atomic E-state index is 15.2. The third-order valence-electron chi connectivity index (χ3n) is 5.65. The van der Waals surface area contributed by atoms with E-state index in [4.69, 9.17) is 4.74 Å². The summed E-state index contributed by atoms with van der Waals surface area (Å²) in [5.41, 5.74) is 4.61. The first-order valence-electron chi connectivity index (χ1n) is 10.5. The summed E-state index contributed by atoms with van der Waals surface area (Å²) in [6.07, 6.45) is 4.26. The van der Waals surface area contributed by atoms with Crippen molar-refractivity contribution in [3.8, 4) is 5.75 Å². The van der Waals surface area contributed by atoms with Crippen LogP contribution in [0.5, 0.6) is 5.75 Å². The monoisotopic (exact) mass is 408 g/mol. The van der Waals surface area contributed by atoms with Crippen LogP contribution in [0.3, 0.4) is 0 Å². The van der Waals surface area contributed by atoms with E-state index in [2.05, 4.69) is 35.2 Å². The number of benzene rings is 2. The summed E-state index contributed by atoms with van der Waals surface area (Å²) in [5, 5.41) is 0.904. The number of ether oxygens (including phenoxy) is 1. The highest BCUT2D eigenvalue weighted by Crippen LogP contribution is 2.37. The quantitative estimate of drug-likeness (QED) is 0.464. The second-order valence-corrected chi connectivity index (χ2v) is 7.97. The zero-order chi connectivity index (χ0) is 21.3. The minimum absolute atomic E-state index is 0.191. The number of aromatic amines is 1. The molecular formula is C24H29FN4O. The van der Waals surface area contributed by atoms with Crippen LogP contribution < -0.4 is 4.74 Å². The lowest BCUT2D eigenvalue weighted by Crippen LogP contribution is -2.15. The van der Waals surface area contributed by atoms with E-state index >= 15 is 4.39 Å². The topological polar surface area (TPSA) is 46.1 Å². The van der Waals surface area contributed by atoms with Crippen LogP contribution in [0.2, 0.25) is 0 Å². The molecule has 0 spiro atoms. The molecule has 2 aromatic heterocycles. The molecule has 0 saturated heterocycles. The summed E-state index contributed by atoms with van der Waals surface area (Å²) >= 11 is 0. The lowest BCUT2D eigenvalue weighted by Gasteiger charge is -2.14. The van der Waals surface area contributed by atoms with Gasteiger partial charge in [0.25, 0.3) is 0 Å². The van der Waals surface area contributed by atoms with Crippen LogP contribution in [0.4, 0.5) is 4.39 Å². The Morgan fingerprint density at radius 3 is 2.63 bits per heavy atom. The van der Waals surface area contributed by atoms with Crippen molar-refractivity contribution in [1.82, 2.24) is 19.4 Å². The molecule has 2 aromatic carbocycles. The number of para-hydroxylation sites is 2. The van der Waals surface area contributed by atoms with Crippen molar-refractivity contribution in [1.29, 1.82) is 0 Å². The van der Waals surface area contributed by atoms with Gasteiger partial charge in [-0.1, -0.05) is 12.1 Å². The van der Waals surface area contributed by atoms with E-state index in [1.165, 1.54) is 0 Å². The van der Waals surface area contributed by atoms with Gasteiger partial charge >= 0.3 is 0 Å². The second kappa shape index (κ2) is 8.48. The van der Waals surface area contributed by atoms with Gasteiger partial charge in [-0.2, -0.15) is 0 Å². The molecule has 0 amide bonds. The fraction of sp³-hybridized carbons (Fsp3) is 0.375. The Labute approximate surface area is 176 Å². The number of aryl methyl sites for hydroxylation is 3. The zero-order valence-corrected chi connectivity index (χ0v) is 18.1. The second-order valence-electron chi connectivity index (χ2n) is 7.97. The highest BCUT2D eigenvalue weighted by molar-refractivity contribution is 5.92. The van der Waals surface area contributed by atoms with Gasteiger partial charge in [0.1, 0.15) is 17.4 Å². The molecule has 4 aromatic rings. The number of aromatic nitrogens is 3. The molecular weight excluding hydrogens is 379 g/mol. The van der Waals surface area contributed by atoms with Gasteiger partial charge in [0.05, 0.1) is 23.7 Å². The van der Waals surface area contributed by atoms with Gasteiger partial charge in [0.15, 0.2) is 0 Å². The molecule has 0 saturated carbocycles. The van der Waals surface area contributed by atoms with Gasteiger partial charge in [-0.15, -0.1) is 0 Å². The normalized spacial score (nSPS) is 11.8. The number of halogens is 1. The van der Waals surface area contributed by atoms with Crippen LogP contribution >= 0.6 is 0 Å². The molecule has 0 radical (unpaired) electrons. The number of methoxy groups -OCH3 is 1. The molecule has 6 heteroatoms. The van der Waals surface area contributed by atoms with Crippen molar-refractivity contribution in [2.75, 3.05) is 27.7 Å². The van der Waals surface area contributed by atoms with Gasteiger partial charge in [-0.05, 0) is 63.2 Å². The number of hydrogen-bond donors (Lipinski definition) is 1. The minimum atomic E-state index is -0.191. The van der Waals surface area contributed by atoms with Crippen LogP contribution in [0, 0.1) is 5.82 Å². The predicted octanol–water partition coefficient (Wildman–Crippen LogP) is 4.57. The molecule has 0 fully saturated rings. The summed E-state index contributed by atoms with van der Waals surface area (Å²) < 4.78 is 23.0. The van der Waals surface area contributed by atoms with Crippen LogP contribution in [-0.2, 0) is 25.8 Å². The molecule has 0 aliphatic rings. The summed E-state index contributed by atoms with van der Waals surface area (Å²) in [6.45, 7) is 3.66. The molecule has 4 rings (SSSR count). The fourth-order valence-electron chi connectivity index (χ4n) is 4.15. The van der Waals surface area contributed by atoms with Crippen molar-refractivity contribution >= 4 is 21.9 Å². The molecule has 0 unspecified atom stereocenters. The standard InChI is InChI=1S/C24H29FN4O/c1-5-29-15-17(12-13-28(2)3)22-23(29)18(25)14-16(24(22)30-4)10-11-21-26-19-8-6-7-9-20(19)27-21/h6-9,14-15H,5,10-13H2,1-4H3,(H,26,27). The van der Waals surface area contributed by atoms with Crippen molar-refractivity contribution in [2.24, 2.45) is 0 Å². The molecule has 0 atom stereocenters. The lowest BCUT2D eigenvalue weighted by molar-refractivity contribution is 0.409. The number of nitrogens with zero attached hydrogens (tertiary/aromatic N) is 3. The number of nitrogens with one attached hydrogen (secondary N) is 1. The van der Waals surface area contributed by atoms with E-state index in [1.54, 1.807) is 13.2 Å². The van der Waals surface area contributed by atoms with Gasteiger partial charge in [-0.25, -0.2) is 9.37 Å². The van der Waals surface area contributed by atoms with Gasteiger partial charge in [-0.3, -0.25) is 0 Å². The Morgan fingerprint density at radius 1 is 1.13 bits per heavy atom. The summed E-state index contributed by atoms with van der Waals surface area (Å²) in [4.78, 5) is 10.2. The zero-order valence-electron chi connectivity index (χ0n) is 18.1. The number of imidazole rings is 1.